The fourth-order valence-electron chi connectivity index (χ4n) is 3.92. The van der Waals surface area contributed by atoms with Crippen LogP contribution in [0.5, 0.6) is 0 Å². The molecule has 2 aliphatic heterocycles. The van der Waals surface area contributed by atoms with Crippen molar-refractivity contribution >= 4 is 17.2 Å². The highest BCUT2D eigenvalue weighted by atomic mass is 32.1. The van der Waals surface area contributed by atoms with Gasteiger partial charge in [-0.15, -0.1) is 11.3 Å². The second-order valence-corrected chi connectivity index (χ2v) is 9.09. The maximum Gasteiger partial charge on any atom is 0.255 e. The fraction of sp³-hybridized carbons (Fsp3) is 0.571. The Morgan fingerprint density at radius 2 is 2.04 bits per heavy atom. The molecule has 0 aliphatic carbocycles. The first-order chi connectivity index (χ1) is 13.0. The van der Waals surface area contributed by atoms with Gasteiger partial charge in [0, 0.05) is 47.4 Å². The summed E-state index contributed by atoms with van der Waals surface area (Å²) in [5.41, 5.74) is 3.05. The lowest BCUT2D eigenvalue weighted by Crippen LogP contribution is -2.36. The SMILES string of the molecule is CC(C)c1cc(C(=O)N2CCc3nc(C4CCN(C)CC4)ncc3C2)cs1. The first kappa shape index (κ1) is 18.6. The van der Waals surface area contributed by atoms with Crippen LogP contribution in [0.4, 0.5) is 0 Å². The van der Waals surface area contributed by atoms with E-state index in [4.69, 9.17) is 4.98 Å². The third kappa shape index (κ3) is 3.92. The molecule has 2 aliphatic rings. The summed E-state index contributed by atoms with van der Waals surface area (Å²) in [4.78, 5) is 28.0. The van der Waals surface area contributed by atoms with E-state index in [-0.39, 0.29) is 5.91 Å². The lowest BCUT2D eigenvalue weighted by atomic mass is 9.95. The summed E-state index contributed by atoms with van der Waals surface area (Å²) < 4.78 is 0. The van der Waals surface area contributed by atoms with E-state index in [9.17, 15) is 4.79 Å². The summed E-state index contributed by atoms with van der Waals surface area (Å²) in [5, 5.41) is 1.99. The lowest BCUT2D eigenvalue weighted by molar-refractivity contribution is 0.0733. The van der Waals surface area contributed by atoms with Crippen molar-refractivity contribution in [1.29, 1.82) is 0 Å². The largest absolute Gasteiger partial charge is 0.334 e. The van der Waals surface area contributed by atoms with Crippen LogP contribution in [0, 0.1) is 0 Å². The molecule has 4 rings (SSSR count). The van der Waals surface area contributed by atoms with Gasteiger partial charge in [-0.25, -0.2) is 9.97 Å². The predicted octanol–water partition coefficient (Wildman–Crippen LogP) is 3.67. The number of amides is 1. The monoisotopic (exact) mass is 384 g/mol. The molecule has 2 aromatic heterocycles. The van der Waals surface area contributed by atoms with Crippen molar-refractivity contribution < 1.29 is 4.79 Å². The van der Waals surface area contributed by atoms with Gasteiger partial charge in [0.25, 0.3) is 5.91 Å². The molecule has 4 heterocycles. The van der Waals surface area contributed by atoms with E-state index in [0.29, 0.717) is 18.4 Å². The van der Waals surface area contributed by atoms with Gasteiger partial charge in [-0.1, -0.05) is 13.8 Å². The Morgan fingerprint density at radius 1 is 1.26 bits per heavy atom. The molecule has 0 saturated carbocycles. The van der Waals surface area contributed by atoms with Crippen LogP contribution in [0.15, 0.2) is 17.6 Å². The Hall–Kier alpha value is -1.79. The molecule has 0 aromatic carbocycles. The minimum Gasteiger partial charge on any atom is -0.334 e. The molecule has 2 aromatic rings. The van der Waals surface area contributed by atoms with Crippen LogP contribution < -0.4 is 0 Å². The van der Waals surface area contributed by atoms with Crippen molar-refractivity contribution in [1.82, 2.24) is 19.8 Å². The minimum absolute atomic E-state index is 0.128. The zero-order chi connectivity index (χ0) is 19.0. The maximum atomic E-state index is 12.9. The van der Waals surface area contributed by atoms with E-state index in [2.05, 4.69) is 30.8 Å². The van der Waals surface area contributed by atoms with Crippen LogP contribution in [0.1, 0.15) is 70.8 Å². The van der Waals surface area contributed by atoms with Crippen LogP contribution in [0.2, 0.25) is 0 Å². The summed E-state index contributed by atoms with van der Waals surface area (Å²) in [6.07, 6.45) is 5.06. The van der Waals surface area contributed by atoms with Crippen LogP contribution in [0.25, 0.3) is 0 Å². The van der Waals surface area contributed by atoms with Crippen LogP contribution in [-0.4, -0.2) is 52.4 Å². The average molecular weight is 385 g/mol. The third-order valence-corrected chi connectivity index (χ3v) is 6.99. The minimum atomic E-state index is 0.128. The number of likely N-dealkylation sites (tertiary alicyclic amines) is 1. The standard InChI is InChI=1S/C21H28N4OS/c1-14(2)19-10-16(13-27-19)21(26)25-9-6-18-17(12-25)11-22-20(23-18)15-4-7-24(3)8-5-15/h10-11,13-15H,4-9,12H2,1-3H3. The molecule has 1 saturated heterocycles. The zero-order valence-corrected chi connectivity index (χ0v) is 17.3. The van der Waals surface area contributed by atoms with E-state index in [0.717, 1.165) is 61.5 Å². The highest BCUT2D eigenvalue weighted by Gasteiger charge is 2.26. The van der Waals surface area contributed by atoms with Crippen molar-refractivity contribution in [3.8, 4) is 0 Å². The molecule has 0 unspecified atom stereocenters. The number of nitrogens with zero attached hydrogens (tertiary/aromatic N) is 4. The van der Waals surface area contributed by atoms with E-state index in [1.165, 1.54) is 4.88 Å². The molecule has 1 amide bonds. The zero-order valence-electron chi connectivity index (χ0n) is 16.4. The number of carbonyl (C=O) groups excluding carboxylic acids is 1. The molecule has 27 heavy (non-hydrogen) atoms. The molecule has 0 atom stereocenters. The molecule has 144 valence electrons. The molecule has 6 heteroatoms. The normalized spacial score (nSPS) is 18.7. The number of hydrogen-bond acceptors (Lipinski definition) is 5. The number of thiophene rings is 1. The van der Waals surface area contributed by atoms with Crippen molar-refractivity contribution in [2.24, 2.45) is 0 Å². The van der Waals surface area contributed by atoms with Crippen molar-refractivity contribution in [3.63, 3.8) is 0 Å². The Bertz CT molecular complexity index is 823. The first-order valence-electron chi connectivity index (χ1n) is 9.92. The van der Waals surface area contributed by atoms with Gasteiger partial charge < -0.3 is 9.80 Å². The van der Waals surface area contributed by atoms with E-state index < -0.39 is 0 Å². The number of aromatic nitrogens is 2. The topological polar surface area (TPSA) is 49.3 Å². The van der Waals surface area contributed by atoms with Gasteiger partial charge in [0.15, 0.2) is 0 Å². The quantitative estimate of drug-likeness (QED) is 0.810. The molecular weight excluding hydrogens is 356 g/mol. The van der Waals surface area contributed by atoms with Gasteiger partial charge in [0.05, 0.1) is 11.3 Å². The Kier molecular flexibility index (Phi) is 5.28. The molecular formula is C21H28N4OS. The van der Waals surface area contributed by atoms with Gasteiger partial charge in [0.2, 0.25) is 0 Å². The number of carbonyl (C=O) groups is 1. The number of rotatable bonds is 3. The molecule has 0 spiro atoms. The molecule has 1 fully saturated rings. The van der Waals surface area contributed by atoms with E-state index in [1.807, 2.05) is 22.5 Å². The van der Waals surface area contributed by atoms with Crippen molar-refractivity contribution in [2.45, 2.75) is 51.5 Å². The van der Waals surface area contributed by atoms with Gasteiger partial charge in [-0.3, -0.25) is 4.79 Å². The highest BCUT2D eigenvalue weighted by molar-refractivity contribution is 7.10. The van der Waals surface area contributed by atoms with Gasteiger partial charge in [-0.05, 0) is 45.0 Å². The Morgan fingerprint density at radius 3 is 2.74 bits per heavy atom. The van der Waals surface area contributed by atoms with Gasteiger partial charge in [-0.2, -0.15) is 0 Å². The Labute approximate surface area is 165 Å². The van der Waals surface area contributed by atoms with Crippen LogP contribution in [0.3, 0.4) is 0 Å². The summed E-state index contributed by atoms with van der Waals surface area (Å²) >= 11 is 1.68. The number of hydrogen-bond donors (Lipinski definition) is 0. The maximum absolute atomic E-state index is 12.9. The van der Waals surface area contributed by atoms with Gasteiger partial charge in [0.1, 0.15) is 5.82 Å². The summed E-state index contributed by atoms with van der Waals surface area (Å²) in [6, 6.07) is 2.05. The summed E-state index contributed by atoms with van der Waals surface area (Å²) in [6.45, 7) is 7.92. The van der Waals surface area contributed by atoms with Crippen LogP contribution >= 0.6 is 11.3 Å². The average Bonchev–Trinajstić information content (AvgIpc) is 3.18. The predicted molar refractivity (Wildman–Crippen MR) is 108 cm³/mol. The third-order valence-electron chi connectivity index (χ3n) is 5.76. The van der Waals surface area contributed by atoms with Crippen molar-refractivity contribution in [3.05, 3.63) is 45.2 Å². The smallest absolute Gasteiger partial charge is 0.255 e. The van der Waals surface area contributed by atoms with E-state index in [1.54, 1.807) is 11.3 Å². The highest BCUT2D eigenvalue weighted by Crippen LogP contribution is 2.28. The first-order valence-corrected chi connectivity index (χ1v) is 10.8. The van der Waals surface area contributed by atoms with Gasteiger partial charge >= 0.3 is 0 Å². The molecule has 0 radical (unpaired) electrons. The summed E-state index contributed by atoms with van der Waals surface area (Å²) in [5.74, 6) is 2.07. The number of piperidine rings is 1. The van der Waals surface area contributed by atoms with Crippen molar-refractivity contribution in [2.75, 3.05) is 26.7 Å². The number of fused-ring (bicyclic) bond motifs is 1. The molecule has 5 nitrogen and oxygen atoms in total. The summed E-state index contributed by atoms with van der Waals surface area (Å²) in [7, 11) is 2.17. The second-order valence-electron chi connectivity index (χ2n) is 8.15. The Balaban J connectivity index is 1.46. The van der Waals surface area contributed by atoms with Crippen LogP contribution in [-0.2, 0) is 13.0 Å². The molecule has 0 bridgehead atoms. The second kappa shape index (κ2) is 7.68. The lowest BCUT2D eigenvalue weighted by Gasteiger charge is -2.30. The fourth-order valence-corrected chi connectivity index (χ4v) is 4.82. The molecule has 0 N–H and O–H groups in total. The van der Waals surface area contributed by atoms with E-state index >= 15 is 0 Å².